The van der Waals surface area contributed by atoms with E-state index in [1.807, 2.05) is 0 Å². The summed E-state index contributed by atoms with van der Waals surface area (Å²) in [5.41, 5.74) is 0.587. The van der Waals surface area contributed by atoms with Crippen molar-refractivity contribution in [2.24, 2.45) is 29.1 Å². The lowest BCUT2D eigenvalue weighted by Crippen LogP contribution is -2.47. The van der Waals surface area contributed by atoms with Crippen molar-refractivity contribution in [2.75, 3.05) is 0 Å². The average molecular weight is 261 g/mol. The Morgan fingerprint density at radius 1 is 0.895 bits per heavy atom. The first-order valence-electron chi connectivity index (χ1n) is 8.88. The molecule has 0 aliphatic heterocycles. The van der Waals surface area contributed by atoms with Crippen LogP contribution in [0.5, 0.6) is 0 Å². The predicted octanol–water partition coefficient (Wildman–Crippen LogP) is 4.37. The fourth-order valence-corrected chi connectivity index (χ4v) is 6.40. The Kier molecular flexibility index (Phi) is 2.99. The van der Waals surface area contributed by atoms with Crippen LogP contribution in [0.15, 0.2) is 0 Å². The molecule has 4 saturated carbocycles. The number of rotatable bonds is 2. The molecule has 0 radical (unpaired) electrons. The van der Waals surface area contributed by atoms with E-state index in [0.29, 0.717) is 5.41 Å². The van der Waals surface area contributed by atoms with Gasteiger partial charge in [0.2, 0.25) is 0 Å². The van der Waals surface area contributed by atoms with Crippen LogP contribution < -0.4 is 5.32 Å². The van der Waals surface area contributed by atoms with Crippen LogP contribution in [0.4, 0.5) is 0 Å². The van der Waals surface area contributed by atoms with Gasteiger partial charge in [-0.3, -0.25) is 0 Å². The molecule has 0 aromatic rings. The maximum Gasteiger partial charge on any atom is 0.0103 e. The number of hydrogen-bond acceptors (Lipinski definition) is 1. The van der Waals surface area contributed by atoms with E-state index in [-0.39, 0.29) is 0 Å². The maximum absolute atomic E-state index is 4.12. The highest BCUT2D eigenvalue weighted by Crippen LogP contribution is 2.58. The van der Waals surface area contributed by atoms with Crippen LogP contribution in [0.3, 0.4) is 0 Å². The largest absolute Gasteiger partial charge is 0.311 e. The van der Waals surface area contributed by atoms with Crippen molar-refractivity contribution in [3.8, 4) is 0 Å². The first-order valence-corrected chi connectivity index (χ1v) is 8.88. The lowest BCUT2D eigenvalue weighted by Gasteiger charge is -2.40. The SMILES string of the molecule is CC1(C)CCCC(NC2CC3CC2C2CCCC32)C1. The van der Waals surface area contributed by atoms with Crippen molar-refractivity contribution in [1.82, 2.24) is 5.32 Å². The zero-order valence-corrected chi connectivity index (χ0v) is 12.8. The van der Waals surface area contributed by atoms with Crippen molar-refractivity contribution < 1.29 is 0 Å². The van der Waals surface area contributed by atoms with E-state index in [1.54, 1.807) is 19.3 Å². The molecule has 19 heavy (non-hydrogen) atoms. The first kappa shape index (κ1) is 12.7. The lowest BCUT2D eigenvalue weighted by molar-refractivity contribution is 0.150. The lowest BCUT2D eigenvalue weighted by atomic mass is 9.74. The Bertz CT molecular complexity index is 348. The standard InChI is InChI=1S/C18H31N/c1-18(2)8-4-5-13(11-18)19-17-10-12-9-16(17)15-7-3-6-14(12)15/h12-17,19H,3-11H2,1-2H3. The molecule has 1 nitrogen and oxygen atoms in total. The molecule has 1 N–H and O–H groups in total. The molecule has 0 heterocycles. The Morgan fingerprint density at radius 3 is 2.58 bits per heavy atom. The molecule has 6 atom stereocenters. The van der Waals surface area contributed by atoms with Gasteiger partial charge >= 0.3 is 0 Å². The number of nitrogens with one attached hydrogen (secondary N) is 1. The summed E-state index contributed by atoms with van der Waals surface area (Å²) in [6.07, 6.45) is 13.5. The molecule has 4 rings (SSSR count). The Hall–Kier alpha value is -0.0400. The third-order valence-corrected chi connectivity index (χ3v) is 7.08. The van der Waals surface area contributed by atoms with Crippen LogP contribution in [-0.4, -0.2) is 12.1 Å². The van der Waals surface area contributed by atoms with Crippen LogP contribution >= 0.6 is 0 Å². The van der Waals surface area contributed by atoms with Gasteiger partial charge in [-0.1, -0.05) is 26.7 Å². The van der Waals surface area contributed by atoms with E-state index in [9.17, 15) is 0 Å². The molecule has 0 saturated heterocycles. The third kappa shape index (κ3) is 2.17. The predicted molar refractivity (Wildman–Crippen MR) is 80.0 cm³/mol. The molecule has 0 aromatic heterocycles. The summed E-state index contributed by atoms with van der Waals surface area (Å²) in [6.45, 7) is 4.93. The minimum Gasteiger partial charge on any atom is -0.311 e. The van der Waals surface area contributed by atoms with E-state index in [2.05, 4.69) is 19.2 Å². The van der Waals surface area contributed by atoms with Gasteiger partial charge in [0.25, 0.3) is 0 Å². The van der Waals surface area contributed by atoms with Crippen LogP contribution in [0.2, 0.25) is 0 Å². The van der Waals surface area contributed by atoms with Gasteiger partial charge in [0.1, 0.15) is 0 Å². The van der Waals surface area contributed by atoms with Gasteiger partial charge in [-0.2, -0.15) is 0 Å². The Morgan fingerprint density at radius 2 is 1.74 bits per heavy atom. The van der Waals surface area contributed by atoms with Crippen molar-refractivity contribution in [2.45, 2.75) is 83.7 Å². The average Bonchev–Trinajstić information content (AvgIpc) is 2.97. The summed E-state index contributed by atoms with van der Waals surface area (Å²) in [5.74, 6) is 4.42. The molecular weight excluding hydrogens is 230 g/mol. The van der Waals surface area contributed by atoms with Crippen LogP contribution in [-0.2, 0) is 0 Å². The van der Waals surface area contributed by atoms with Gasteiger partial charge in [0, 0.05) is 12.1 Å². The smallest absolute Gasteiger partial charge is 0.0103 e. The highest BCUT2D eigenvalue weighted by Gasteiger charge is 2.53. The quantitative estimate of drug-likeness (QED) is 0.778. The molecule has 0 amide bonds. The summed E-state index contributed by atoms with van der Waals surface area (Å²) in [6, 6.07) is 1.72. The van der Waals surface area contributed by atoms with Crippen molar-refractivity contribution >= 4 is 0 Å². The van der Waals surface area contributed by atoms with E-state index >= 15 is 0 Å². The van der Waals surface area contributed by atoms with Gasteiger partial charge < -0.3 is 5.32 Å². The highest BCUT2D eigenvalue weighted by atomic mass is 15.0. The summed E-state index contributed by atoms with van der Waals surface area (Å²) in [7, 11) is 0. The summed E-state index contributed by atoms with van der Waals surface area (Å²) >= 11 is 0. The van der Waals surface area contributed by atoms with Gasteiger partial charge in [0.05, 0.1) is 0 Å². The van der Waals surface area contributed by atoms with Crippen molar-refractivity contribution in [1.29, 1.82) is 0 Å². The fraction of sp³-hybridized carbons (Fsp3) is 1.00. The molecule has 4 aliphatic carbocycles. The van der Waals surface area contributed by atoms with Crippen molar-refractivity contribution in [3.63, 3.8) is 0 Å². The fourth-order valence-electron chi connectivity index (χ4n) is 6.40. The van der Waals surface area contributed by atoms with Crippen molar-refractivity contribution in [3.05, 3.63) is 0 Å². The zero-order valence-electron chi connectivity index (χ0n) is 12.8. The molecule has 1 heteroatoms. The summed E-state index contributed by atoms with van der Waals surface area (Å²) in [5, 5.41) is 4.12. The highest BCUT2D eigenvalue weighted by molar-refractivity contribution is 5.06. The molecular formula is C18H31N. The van der Waals surface area contributed by atoms with Gasteiger partial charge in [-0.25, -0.2) is 0 Å². The normalized spacial score (nSPS) is 51.5. The number of hydrogen-bond donors (Lipinski definition) is 1. The Labute approximate surface area is 118 Å². The third-order valence-electron chi connectivity index (χ3n) is 7.08. The minimum absolute atomic E-state index is 0.587. The van der Waals surface area contributed by atoms with Gasteiger partial charge in [0.15, 0.2) is 0 Å². The monoisotopic (exact) mass is 261 g/mol. The molecule has 0 aromatic carbocycles. The molecule has 6 unspecified atom stereocenters. The second-order valence-electron chi connectivity index (χ2n) is 8.88. The van der Waals surface area contributed by atoms with Gasteiger partial charge in [-0.05, 0) is 74.0 Å². The molecule has 2 bridgehead atoms. The Balaban J connectivity index is 1.39. The first-order chi connectivity index (χ1) is 9.12. The van der Waals surface area contributed by atoms with E-state index in [0.717, 1.165) is 35.8 Å². The van der Waals surface area contributed by atoms with E-state index in [1.165, 1.54) is 38.5 Å². The van der Waals surface area contributed by atoms with Gasteiger partial charge in [-0.15, -0.1) is 0 Å². The topological polar surface area (TPSA) is 12.0 Å². The maximum atomic E-state index is 4.12. The second-order valence-corrected chi connectivity index (χ2v) is 8.88. The zero-order chi connectivity index (χ0) is 13.0. The second kappa shape index (κ2) is 4.48. The number of fused-ring (bicyclic) bond motifs is 5. The van der Waals surface area contributed by atoms with Crippen LogP contribution in [0, 0.1) is 29.1 Å². The minimum atomic E-state index is 0.587. The van der Waals surface area contributed by atoms with Crippen LogP contribution in [0.25, 0.3) is 0 Å². The van der Waals surface area contributed by atoms with Crippen LogP contribution in [0.1, 0.15) is 71.6 Å². The molecule has 0 spiro atoms. The summed E-state index contributed by atoms with van der Waals surface area (Å²) in [4.78, 5) is 0. The molecule has 108 valence electrons. The molecule has 4 aliphatic rings. The summed E-state index contributed by atoms with van der Waals surface area (Å²) < 4.78 is 0. The van der Waals surface area contributed by atoms with E-state index in [4.69, 9.17) is 0 Å². The van der Waals surface area contributed by atoms with E-state index < -0.39 is 0 Å². The molecule has 4 fully saturated rings.